The summed E-state index contributed by atoms with van der Waals surface area (Å²) in [5.74, 6) is 0.321. The zero-order valence-electron chi connectivity index (χ0n) is 14.7. The molecule has 1 aliphatic heterocycles. The number of rotatable bonds is 5. The van der Waals surface area contributed by atoms with Crippen LogP contribution in [-0.2, 0) is 0 Å². The number of nitrogens with zero attached hydrogens (tertiary/aromatic N) is 3. The quantitative estimate of drug-likeness (QED) is 0.420. The molecule has 0 saturated heterocycles. The number of hydrogen-bond acceptors (Lipinski definition) is 8. The summed E-state index contributed by atoms with van der Waals surface area (Å²) in [7, 11) is 0. The minimum Gasteiger partial charge on any atom is -0.486 e. The van der Waals surface area contributed by atoms with Gasteiger partial charge in [-0.2, -0.15) is 0 Å². The minimum absolute atomic E-state index is 0.0419. The van der Waals surface area contributed by atoms with Gasteiger partial charge in [-0.05, 0) is 30.3 Å². The molecular weight excluding hydrogens is 449 g/mol. The van der Waals surface area contributed by atoms with E-state index in [9.17, 15) is 14.5 Å². The van der Waals surface area contributed by atoms with Gasteiger partial charge in [0.1, 0.15) is 25.4 Å². The molecule has 0 bridgehead atoms. The fourth-order valence-electron chi connectivity index (χ4n) is 2.71. The monoisotopic (exact) mass is 461 g/mol. The van der Waals surface area contributed by atoms with E-state index in [0.29, 0.717) is 34.9 Å². The van der Waals surface area contributed by atoms with Gasteiger partial charge in [-0.25, -0.2) is 14.4 Å². The third-order valence-corrected chi connectivity index (χ3v) is 4.49. The molecule has 0 unspecified atom stereocenters. The van der Waals surface area contributed by atoms with E-state index in [1.807, 2.05) is 0 Å². The molecule has 0 atom stereocenters. The molecule has 2 aromatic carbocycles. The molecule has 0 saturated carbocycles. The first-order chi connectivity index (χ1) is 14.0. The van der Waals surface area contributed by atoms with Gasteiger partial charge >= 0.3 is 5.69 Å². The molecule has 2 heterocycles. The van der Waals surface area contributed by atoms with Crippen molar-refractivity contribution in [2.45, 2.75) is 0 Å². The molecule has 9 nitrogen and oxygen atoms in total. The number of hydrogen-bond donors (Lipinski definition) is 2. The first kappa shape index (κ1) is 18.9. The van der Waals surface area contributed by atoms with E-state index < -0.39 is 16.4 Å². The lowest BCUT2D eigenvalue weighted by atomic mass is 10.2. The predicted octanol–water partition coefficient (Wildman–Crippen LogP) is 4.54. The van der Waals surface area contributed by atoms with Gasteiger partial charge in [-0.15, -0.1) is 0 Å². The van der Waals surface area contributed by atoms with Crippen LogP contribution in [0.25, 0.3) is 0 Å². The first-order valence-corrected chi connectivity index (χ1v) is 9.18. The molecular formula is C18H13BrFN5O4. The highest BCUT2D eigenvalue weighted by Crippen LogP contribution is 2.37. The van der Waals surface area contributed by atoms with E-state index in [2.05, 4.69) is 36.5 Å². The van der Waals surface area contributed by atoms with Crippen LogP contribution in [0.4, 0.5) is 33.1 Å². The summed E-state index contributed by atoms with van der Waals surface area (Å²) in [6.45, 7) is 0.871. The van der Waals surface area contributed by atoms with Gasteiger partial charge in [0.25, 0.3) is 0 Å². The summed E-state index contributed by atoms with van der Waals surface area (Å²) >= 11 is 3.16. The zero-order valence-corrected chi connectivity index (χ0v) is 16.3. The van der Waals surface area contributed by atoms with E-state index >= 15 is 0 Å². The van der Waals surface area contributed by atoms with Gasteiger partial charge in [0.15, 0.2) is 11.5 Å². The Balaban J connectivity index is 1.67. The minimum atomic E-state index is -0.639. The second kappa shape index (κ2) is 7.87. The Kier molecular flexibility index (Phi) is 5.12. The molecule has 0 aliphatic carbocycles. The van der Waals surface area contributed by atoms with Crippen molar-refractivity contribution < 1.29 is 18.8 Å². The van der Waals surface area contributed by atoms with E-state index in [1.54, 1.807) is 24.3 Å². The second-order valence-corrected chi connectivity index (χ2v) is 6.82. The van der Waals surface area contributed by atoms with Crippen molar-refractivity contribution in [2.24, 2.45) is 0 Å². The van der Waals surface area contributed by atoms with Gasteiger partial charge in [0.2, 0.25) is 11.6 Å². The highest BCUT2D eigenvalue weighted by Gasteiger charge is 2.24. The Morgan fingerprint density at radius 3 is 2.48 bits per heavy atom. The molecule has 29 heavy (non-hydrogen) atoms. The Labute approximate surface area is 172 Å². The first-order valence-electron chi connectivity index (χ1n) is 8.39. The number of halogens is 2. The van der Waals surface area contributed by atoms with Crippen molar-refractivity contribution in [3.05, 3.63) is 63.1 Å². The highest BCUT2D eigenvalue weighted by molar-refractivity contribution is 9.10. The van der Waals surface area contributed by atoms with Crippen molar-refractivity contribution in [1.82, 2.24) is 9.97 Å². The van der Waals surface area contributed by atoms with Crippen LogP contribution in [0.3, 0.4) is 0 Å². The second-order valence-electron chi connectivity index (χ2n) is 5.91. The molecule has 3 aromatic rings. The third kappa shape index (κ3) is 4.04. The maximum atomic E-state index is 14.1. The average molecular weight is 462 g/mol. The summed E-state index contributed by atoms with van der Waals surface area (Å²) in [5, 5.41) is 17.2. The molecule has 0 radical (unpaired) electrons. The number of benzene rings is 2. The molecule has 4 rings (SSSR count). The summed E-state index contributed by atoms with van der Waals surface area (Å²) in [6.07, 6.45) is 1.15. The van der Waals surface area contributed by atoms with Crippen LogP contribution in [0.1, 0.15) is 0 Å². The number of aromatic nitrogens is 2. The van der Waals surface area contributed by atoms with Crippen molar-refractivity contribution in [3.8, 4) is 11.5 Å². The largest absolute Gasteiger partial charge is 0.486 e. The number of nitrogens with one attached hydrogen (secondary N) is 2. The topological polar surface area (TPSA) is 111 Å². The molecule has 11 heteroatoms. The van der Waals surface area contributed by atoms with Gasteiger partial charge in [-0.3, -0.25) is 10.1 Å². The van der Waals surface area contributed by atoms with E-state index in [1.165, 1.54) is 12.1 Å². The number of nitro groups is 1. The van der Waals surface area contributed by atoms with Crippen LogP contribution in [0.5, 0.6) is 11.5 Å². The third-order valence-electron chi connectivity index (χ3n) is 3.99. The molecule has 1 aromatic heterocycles. The molecule has 0 fully saturated rings. The Bertz CT molecular complexity index is 1100. The fraction of sp³-hybridized carbons (Fsp3) is 0.111. The molecule has 0 amide bonds. The van der Waals surface area contributed by atoms with Crippen molar-refractivity contribution >= 4 is 44.6 Å². The molecule has 2 N–H and O–H groups in total. The number of anilines is 4. The summed E-state index contributed by atoms with van der Waals surface area (Å²) < 4.78 is 25.6. The summed E-state index contributed by atoms with van der Waals surface area (Å²) in [4.78, 5) is 18.9. The molecule has 148 valence electrons. The normalized spacial score (nSPS) is 12.3. The predicted molar refractivity (Wildman–Crippen MR) is 107 cm³/mol. The van der Waals surface area contributed by atoms with E-state index in [4.69, 9.17) is 9.47 Å². The lowest BCUT2D eigenvalue weighted by Gasteiger charge is -2.19. The lowest BCUT2D eigenvalue weighted by molar-refractivity contribution is -0.383. The molecule has 1 aliphatic rings. The Morgan fingerprint density at radius 1 is 1.03 bits per heavy atom. The van der Waals surface area contributed by atoms with E-state index in [-0.39, 0.29) is 17.3 Å². The highest BCUT2D eigenvalue weighted by atomic mass is 79.9. The van der Waals surface area contributed by atoms with Crippen LogP contribution >= 0.6 is 15.9 Å². The van der Waals surface area contributed by atoms with Crippen molar-refractivity contribution in [1.29, 1.82) is 0 Å². The average Bonchev–Trinajstić information content (AvgIpc) is 2.70. The zero-order chi connectivity index (χ0) is 20.4. The van der Waals surface area contributed by atoms with Crippen molar-refractivity contribution in [3.63, 3.8) is 0 Å². The van der Waals surface area contributed by atoms with E-state index in [0.717, 1.165) is 6.33 Å². The maximum absolute atomic E-state index is 14.1. The van der Waals surface area contributed by atoms with Crippen LogP contribution < -0.4 is 20.1 Å². The Hall–Kier alpha value is -3.47. The Morgan fingerprint density at radius 2 is 1.76 bits per heavy atom. The lowest BCUT2D eigenvalue weighted by Crippen LogP contribution is -2.15. The van der Waals surface area contributed by atoms with Gasteiger partial charge < -0.3 is 20.1 Å². The van der Waals surface area contributed by atoms with Gasteiger partial charge in [0.05, 0.1) is 10.6 Å². The smallest absolute Gasteiger partial charge is 0.353 e. The molecule has 0 spiro atoms. The number of fused-ring (bicyclic) bond motifs is 1. The van der Waals surface area contributed by atoms with Gasteiger partial charge in [0, 0.05) is 16.2 Å². The maximum Gasteiger partial charge on any atom is 0.353 e. The van der Waals surface area contributed by atoms with Crippen LogP contribution in [0.15, 0.2) is 47.2 Å². The van der Waals surface area contributed by atoms with Crippen molar-refractivity contribution in [2.75, 3.05) is 23.8 Å². The summed E-state index contributed by atoms with van der Waals surface area (Å²) in [5.41, 5.74) is 0.127. The van der Waals surface area contributed by atoms with Gasteiger partial charge in [-0.1, -0.05) is 15.9 Å². The standard InChI is InChI=1S/C18H13BrFN5O4/c19-10-1-3-13(12(20)7-10)24-18-16(25(26)27)17(21-9-22-18)23-11-2-4-14-15(8-11)29-6-5-28-14/h1-4,7-9H,5-6H2,(H2,21,22,23,24). The SMILES string of the molecule is O=[N+]([O-])c1c(Nc2ccc3c(c2)OCCO3)ncnc1Nc1ccc(Br)cc1F. The fourth-order valence-corrected chi connectivity index (χ4v) is 3.04. The number of ether oxygens (including phenoxy) is 2. The van der Waals surface area contributed by atoms with Crippen LogP contribution in [0, 0.1) is 15.9 Å². The van der Waals surface area contributed by atoms with Crippen LogP contribution in [0.2, 0.25) is 0 Å². The van der Waals surface area contributed by atoms with Crippen LogP contribution in [-0.4, -0.2) is 28.1 Å². The summed E-state index contributed by atoms with van der Waals surface area (Å²) in [6, 6.07) is 9.32.